The minimum Gasteiger partial charge on any atom is -0.312 e. The highest BCUT2D eigenvalue weighted by atomic mass is 32.2. The quantitative estimate of drug-likeness (QED) is 0.896. The number of anilines is 1. The zero-order valence-electron chi connectivity index (χ0n) is 14.7. The van der Waals surface area contributed by atoms with Gasteiger partial charge in [0.2, 0.25) is 15.9 Å². The number of nitrogens with one attached hydrogen (secondary N) is 1. The minimum atomic E-state index is -3.51. The van der Waals surface area contributed by atoms with Gasteiger partial charge in [0.05, 0.1) is 4.90 Å². The molecule has 0 unspecified atom stereocenters. The van der Waals surface area contributed by atoms with E-state index >= 15 is 0 Å². The molecular weight excluding hydrogens is 336 g/mol. The first-order chi connectivity index (χ1) is 12.0. The molecule has 0 radical (unpaired) electrons. The lowest BCUT2D eigenvalue weighted by Crippen LogP contribution is -2.41. The van der Waals surface area contributed by atoms with E-state index in [2.05, 4.69) is 11.6 Å². The number of nitrogens with zero attached hydrogens (tertiary/aromatic N) is 1. The number of sulfonamides is 1. The lowest BCUT2D eigenvalue weighted by molar-refractivity contribution is -0.119. The fraction of sp³-hybridized carbons (Fsp3) is 0.632. The number of fused-ring (bicyclic) bond motifs is 1. The number of amides is 1. The Bertz CT molecular complexity index is 786. The van der Waals surface area contributed by atoms with Crippen molar-refractivity contribution in [1.29, 1.82) is 0 Å². The molecule has 3 aliphatic rings. The van der Waals surface area contributed by atoms with Crippen LogP contribution in [0.15, 0.2) is 23.1 Å². The van der Waals surface area contributed by atoms with Crippen molar-refractivity contribution in [2.45, 2.75) is 62.8 Å². The number of carbonyl (C=O) groups excluding carboxylic acids is 1. The zero-order chi connectivity index (χ0) is 17.6. The fourth-order valence-corrected chi connectivity index (χ4v) is 5.51. The molecule has 2 fully saturated rings. The molecule has 1 aromatic rings. The summed E-state index contributed by atoms with van der Waals surface area (Å²) in [6, 6.07) is 5.24. The van der Waals surface area contributed by atoms with E-state index < -0.39 is 10.0 Å². The monoisotopic (exact) mass is 362 g/mol. The van der Waals surface area contributed by atoms with Crippen molar-refractivity contribution in [2.24, 2.45) is 11.8 Å². The molecular formula is C19H26N2O3S. The largest absolute Gasteiger partial charge is 0.312 e. The summed E-state index contributed by atoms with van der Waals surface area (Å²) in [6.45, 7) is 2.79. The van der Waals surface area contributed by atoms with Crippen LogP contribution in [-0.2, 0) is 21.2 Å². The SMILES string of the molecule is C[C@@H]1CCCC[C@H]1NS(=O)(=O)c1ccc2c(c1)CCN2C(=O)C1CC1. The molecule has 1 aromatic carbocycles. The van der Waals surface area contributed by atoms with E-state index in [0.29, 0.717) is 17.4 Å². The Balaban J connectivity index is 1.54. The molecule has 0 spiro atoms. The predicted octanol–water partition coefficient (Wildman–Crippen LogP) is 2.84. The summed E-state index contributed by atoms with van der Waals surface area (Å²) in [5.41, 5.74) is 1.86. The molecule has 0 aromatic heterocycles. The summed E-state index contributed by atoms with van der Waals surface area (Å²) in [7, 11) is -3.51. The maximum atomic E-state index is 12.8. The van der Waals surface area contributed by atoms with Gasteiger partial charge in [-0.05, 0) is 61.8 Å². The molecule has 2 saturated carbocycles. The molecule has 1 heterocycles. The van der Waals surface area contributed by atoms with Gasteiger partial charge in [-0.3, -0.25) is 4.79 Å². The van der Waals surface area contributed by atoms with E-state index in [1.807, 2.05) is 11.0 Å². The van der Waals surface area contributed by atoms with Gasteiger partial charge in [-0.15, -0.1) is 0 Å². The maximum absolute atomic E-state index is 12.8. The molecule has 0 bridgehead atoms. The van der Waals surface area contributed by atoms with Crippen LogP contribution in [0.2, 0.25) is 0 Å². The number of hydrogen-bond donors (Lipinski definition) is 1. The molecule has 136 valence electrons. The third-order valence-corrected chi connectivity index (χ3v) is 7.36. The molecule has 6 heteroatoms. The second-order valence-corrected chi connectivity index (χ2v) is 9.51. The van der Waals surface area contributed by atoms with Crippen LogP contribution in [0.4, 0.5) is 5.69 Å². The minimum absolute atomic E-state index is 0.0277. The molecule has 2 aliphatic carbocycles. The lowest BCUT2D eigenvalue weighted by Gasteiger charge is -2.29. The molecule has 0 saturated heterocycles. The first kappa shape index (κ1) is 17.0. The van der Waals surface area contributed by atoms with Crippen LogP contribution in [0.3, 0.4) is 0 Å². The number of benzene rings is 1. The van der Waals surface area contributed by atoms with Crippen molar-refractivity contribution in [1.82, 2.24) is 4.72 Å². The molecule has 25 heavy (non-hydrogen) atoms. The Labute approximate surface area is 149 Å². The van der Waals surface area contributed by atoms with Crippen molar-refractivity contribution >= 4 is 21.6 Å². The summed E-state index contributed by atoms with van der Waals surface area (Å²) in [5.74, 6) is 0.761. The highest BCUT2D eigenvalue weighted by molar-refractivity contribution is 7.89. The second-order valence-electron chi connectivity index (χ2n) is 7.79. The second kappa shape index (κ2) is 6.40. The standard InChI is InChI=1S/C19H26N2O3S/c1-13-4-2-3-5-17(13)20-25(23,24)16-8-9-18-15(12-16)10-11-21(18)19(22)14-6-7-14/h8-9,12-14,17,20H,2-7,10-11H2,1H3/t13-,17-/m1/s1. The number of hydrogen-bond acceptors (Lipinski definition) is 3. The average molecular weight is 362 g/mol. The Morgan fingerprint density at radius 1 is 1.16 bits per heavy atom. The summed E-state index contributed by atoms with van der Waals surface area (Å²) in [4.78, 5) is 14.5. The van der Waals surface area contributed by atoms with Crippen molar-refractivity contribution in [3.63, 3.8) is 0 Å². The molecule has 1 N–H and O–H groups in total. The van der Waals surface area contributed by atoms with Gasteiger partial charge < -0.3 is 4.90 Å². The Morgan fingerprint density at radius 3 is 2.64 bits per heavy atom. The predicted molar refractivity (Wildman–Crippen MR) is 97.0 cm³/mol. The van der Waals surface area contributed by atoms with Gasteiger partial charge in [0.1, 0.15) is 0 Å². The Hall–Kier alpha value is -1.40. The zero-order valence-corrected chi connectivity index (χ0v) is 15.5. The number of carbonyl (C=O) groups is 1. The van der Waals surface area contributed by atoms with E-state index in [1.54, 1.807) is 12.1 Å². The summed E-state index contributed by atoms with van der Waals surface area (Å²) in [6.07, 6.45) is 6.96. The van der Waals surface area contributed by atoms with Crippen LogP contribution in [0.1, 0.15) is 51.0 Å². The smallest absolute Gasteiger partial charge is 0.240 e. The van der Waals surface area contributed by atoms with Gasteiger partial charge in [-0.2, -0.15) is 0 Å². The molecule has 5 nitrogen and oxygen atoms in total. The van der Waals surface area contributed by atoms with Gasteiger partial charge in [0, 0.05) is 24.2 Å². The highest BCUT2D eigenvalue weighted by Gasteiger charge is 2.37. The van der Waals surface area contributed by atoms with Crippen LogP contribution >= 0.6 is 0 Å². The summed E-state index contributed by atoms with van der Waals surface area (Å²) in [5, 5.41) is 0. The average Bonchev–Trinajstić information content (AvgIpc) is 3.35. The topological polar surface area (TPSA) is 66.5 Å². The third-order valence-electron chi connectivity index (χ3n) is 5.87. The third kappa shape index (κ3) is 3.34. The maximum Gasteiger partial charge on any atom is 0.240 e. The van der Waals surface area contributed by atoms with E-state index in [9.17, 15) is 13.2 Å². The van der Waals surface area contributed by atoms with Crippen LogP contribution in [0.5, 0.6) is 0 Å². The molecule has 1 aliphatic heterocycles. The van der Waals surface area contributed by atoms with Crippen LogP contribution in [-0.4, -0.2) is 26.9 Å². The molecule has 2 atom stereocenters. The lowest BCUT2D eigenvalue weighted by atomic mass is 9.87. The first-order valence-electron chi connectivity index (χ1n) is 9.42. The van der Waals surface area contributed by atoms with Gasteiger partial charge in [0.25, 0.3) is 0 Å². The van der Waals surface area contributed by atoms with Crippen molar-refractivity contribution < 1.29 is 13.2 Å². The van der Waals surface area contributed by atoms with Crippen LogP contribution < -0.4 is 9.62 Å². The molecule has 1 amide bonds. The van der Waals surface area contributed by atoms with Gasteiger partial charge >= 0.3 is 0 Å². The van der Waals surface area contributed by atoms with Crippen LogP contribution in [0, 0.1) is 11.8 Å². The van der Waals surface area contributed by atoms with Gasteiger partial charge in [-0.1, -0.05) is 19.8 Å². The highest BCUT2D eigenvalue weighted by Crippen LogP contribution is 2.37. The van der Waals surface area contributed by atoms with Crippen molar-refractivity contribution in [2.75, 3.05) is 11.4 Å². The van der Waals surface area contributed by atoms with E-state index in [1.165, 1.54) is 6.42 Å². The van der Waals surface area contributed by atoms with Gasteiger partial charge in [-0.25, -0.2) is 13.1 Å². The Morgan fingerprint density at radius 2 is 1.92 bits per heavy atom. The van der Waals surface area contributed by atoms with E-state index in [4.69, 9.17) is 0 Å². The van der Waals surface area contributed by atoms with Crippen LogP contribution in [0.25, 0.3) is 0 Å². The Kier molecular flexibility index (Phi) is 4.36. The van der Waals surface area contributed by atoms with Crippen molar-refractivity contribution in [3.8, 4) is 0 Å². The fourth-order valence-electron chi connectivity index (χ4n) is 4.08. The van der Waals surface area contributed by atoms with Gasteiger partial charge in [0.15, 0.2) is 0 Å². The van der Waals surface area contributed by atoms with E-state index in [0.717, 1.165) is 49.8 Å². The first-order valence-corrected chi connectivity index (χ1v) is 10.9. The summed E-state index contributed by atoms with van der Waals surface area (Å²) < 4.78 is 28.5. The normalized spacial score (nSPS) is 26.5. The van der Waals surface area contributed by atoms with Crippen molar-refractivity contribution in [3.05, 3.63) is 23.8 Å². The number of rotatable bonds is 4. The van der Waals surface area contributed by atoms with E-state index in [-0.39, 0.29) is 17.9 Å². The summed E-state index contributed by atoms with van der Waals surface area (Å²) >= 11 is 0. The molecule has 4 rings (SSSR count).